The largest absolute Gasteiger partial charge is 0.480 e. The van der Waals surface area contributed by atoms with Crippen molar-refractivity contribution in [3.05, 3.63) is 47.7 Å². The molecule has 0 aliphatic rings. The molecule has 88 valence electrons. The number of carbonyl (C=O) groups excluding carboxylic acids is 1. The lowest BCUT2D eigenvalue weighted by atomic mass is 10.0. The summed E-state index contributed by atoms with van der Waals surface area (Å²) in [6.07, 6.45) is 2.28. The Morgan fingerprint density at radius 1 is 1.39 bits per heavy atom. The normalized spacial score (nSPS) is 9.56. The molecule has 4 nitrogen and oxygen atoms in total. The van der Waals surface area contributed by atoms with Crippen LogP contribution in [-0.2, 0) is 0 Å². The number of pyridine rings is 1. The van der Waals surface area contributed by atoms with E-state index < -0.39 is 0 Å². The van der Waals surface area contributed by atoms with Crippen LogP contribution in [0, 0.1) is 11.3 Å². The van der Waals surface area contributed by atoms with Crippen LogP contribution in [-0.4, -0.2) is 18.4 Å². The number of ether oxygens (including phenoxy) is 1. The number of hydrogen-bond donors (Lipinski definition) is 0. The minimum absolute atomic E-state index is 0.282. The molecular weight excluding hydrogens is 228 g/mol. The van der Waals surface area contributed by atoms with Crippen LogP contribution < -0.4 is 4.74 Å². The first kappa shape index (κ1) is 11.8. The van der Waals surface area contributed by atoms with Crippen molar-refractivity contribution in [2.24, 2.45) is 0 Å². The Kier molecular flexibility index (Phi) is 3.35. The Hall–Kier alpha value is -2.67. The number of benzene rings is 1. The third kappa shape index (κ3) is 2.06. The number of methoxy groups -OCH3 is 1. The van der Waals surface area contributed by atoms with E-state index in [1.165, 1.54) is 7.11 Å². The third-order valence-electron chi connectivity index (χ3n) is 2.57. The summed E-state index contributed by atoms with van der Waals surface area (Å²) in [5.41, 5.74) is 2.42. The van der Waals surface area contributed by atoms with Crippen molar-refractivity contribution in [3.63, 3.8) is 0 Å². The number of aldehydes is 1. The molecule has 0 amide bonds. The van der Waals surface area contributed by atoms with Gasteiger partial charge in [0, 0.05) is 6.20 Å². The van der Waals surface area contributed by atoms with Crippen molar-refractivity contribution in [2.45, 2.75) is 0 Å². The fourth-order valence-corrected chi connectivity index (χ4v) is 1.74. The van der Waals surface area contributed by atoms with Crippen molar-refractivity contribution in [1.29, 1.82) is 5.26 Å². The van der Waals surface area contributed by atoms with Crippen LogP contribution in [0.2, 0.25) is 0 Å². The van der Waals surface area contributed by atoms with Gasteiger partial charge in [0.05, 0.1) is 24.3 Å². The number of aromatic nitrogens is 1. The van der Waals surface area contributed by atoms with Crippen LogP contribution in [0.5, 0.6) is 5.88 Å². The topological polar surface area (TPSA) is 63.0 Å². The van der Waals surface area contributed by atoms with Crippen molar-refractivity contribution in [3.8, 4) is 23.1 Å². The van der Waals surface area contributed by atoms with Gasteiger partial charge in [-0.05, 0) is 29.3 Å². The molecule has 1 aromatic carbocycles. The maximum absolute atomic E-state index is 11.1. The highest BCUT2D eigenvalue weighted by Crippen LogP contribution is 2.27. The highest BCUT2D eigenvalue weighted by molar-refractivity contribution is 5.90. The second kappa shape index (κ2) is 5.11. The molecule has 0 fully saturated rings. The molecule has 0 saturated carbocycles. The summed E-state index contributed by atoms with van der Waals surface area (Å²) >= 11 is 0. The lowest BCUT2D eigenvalue weighted by Crippen LogP contribution is -1.96. The zero-order chi connectivity index (χ0) is 13.0. The van der Waals surface area contributed by atoms with Crippen LogP contribution in [0.15, 0.2) is 36.5 Å². The van der Waals surface area contributed by atoms with Gasteiger partial charge in [-0.3, -0.25) is 4.79 Å². The molecule has 4 heteroatoms. The van der Waals surface area contributed by atoms with Gasteiger partial charge in [0.2, 0.25) is 5.88 Å². The smallest absolute Gasteiger partial charge is 0.224 e. The first-order valence-electron chi connectivity index (χ1n) is 5.29. The molecule has 0 aliphatic heterocycles. The molecule has 2 rings (SSSR count). The number of nitriles is 1. The quantitative estimate of drug-likeness (QED) is 0.770. The monoisotopic (exact) mass is 238 g/mol. The lowest BCUT2D eigenvalue weighted by Gasteiger charge is -2.08. The van der Waals surface area contributed by atoms with Crippen molar-refractivity contribution >= 4 is 6.29 Å². The SMILES string of the molecule is COc1nccc(-c2cccc(C#N)c2)c1C=O. The van der Waals surface area contributed by atoms with E-state index in [4.69, 9.17) is 10.00 Å². The highest BCUT2D eigenvalue weighted by Gasteiger charge is 2.11. The molecule has 0 unspecified atom stereocenters. The molecule has 0 aliphatic carbocycles. The zero-order valence-electron chi connectivity index (χ0n) is 9.75. The van der Waals surface area contributed by atoms with Crippen LogP contribution in [0.4, 0.5) is 0 Å². The van der Waals surface area contributed by atoms with E-state index >= 15 is 0 Å². The summed E-state index contributed by atoms with van der Waals surface area (Å²) in [6, 6.07) is 10.8. The Morgan fingerprint density at radius 3 is 2.89 bits per heavy atom. The second-order valence-electron chi connectivity index (χ2n) is 3.59. The van der Waals surface area contributed by atoms with Crippen molar-refractivity contribution in [2.75, 3.05) is 7.11 Å². The number of rotatable bonds is 3. The van der Waals surface area contributed by atoms with Crippen LogP contribution >= 0.6 is 0 Å². The Bertz CT molecular complexity index is 630. The highest BCUT2D eigenvalue weighted by atomic mass is 16.5. The average molecular weight is 238 g/mol. The van der Waals surface area contributed by atoms with Crippen molar-refractivity contribution in [1.82, 2.24) is 4.98 Å². The second-order valence-corrected chi connectivity index (χ2v) is 3.59. The molecule has 0 N–H and O–H groups in total. The summed E-state index contributed by atoms with van der Waals surface area (Å²) in [6.45, 7) is 0. The third-order valence-corrected chi connectivity index (χ3v) is 2.57. The fourth-order valence-electron chi connectivity index (χ4n) is 1.74. The van der Waals surface area contributed by atoms with E-state index in [0.717, 1.165) is 5.56 Å². The van der Waals surface area contributed by atoms with E-state index in [9.17, 15) is 4.79 Å². The van der Waals surface area contributed by atoms with Gasteiger partial charge in [-0.25, -0.2) is 4.98 Å². The fraction of sp³-hybridized carbons (Fsp3) is 0.0714. The molecule has 0 spiro atoms. The Morgan fingerprint density at radius 2 is 2.22 bits per heavy atom. The predicted molar refractivity (Wildman–Crippen MR) is 66.3 cm³/mol. The molecule has 1 aromatic heterocycles. The number of hydrogen-bond acceptors (Lipinski definition) is 4. The molecule has 2 aromatic rings. The van der Waals surface area contributed by atoms with Crippen LogP contribution in [0.25, 0.3) is 11.1 Å². The summed E-state index contributed by atoms with van der Waals surface area (Å²) in [5.74, 6) is 0.282. The predicted octanol–water partition coefficient (Wildman–Crippen LogP) is 2.44. The van der Waals surface area contributed by atoms with Gasteiger partial charge in [0.1, 0.15) is 0 Å². The van der Waals surface area contributed by atoms with Crippen LogP contribution in [0.1, 0.15) is 15.9 Å². The maximum atomic E-state index is 11.1. The minimum atomic E-state index is 0.282. The summed E-state index contributed by atoms with van der Waals surface area (Å²) in [7, 11) is 1.46. The lowest BCUT2D eigenvalue weighted by molar-refractivity contribution is 0.112. The first-order chi connectivity index (χ1) is 8.80. The van der Waals surface area contributed by atoms with Gasteiger partial charge in [0.15, 0.2) is 6.29 Å². The minimum Gasteiger partial charge on any atom is -0.480 e. The van der Waals surface area contributed by atoms with E-state index in [1.54, 1.807) is 30.5 Å². The van der Waals surface area contributed by atoms with Crippen molar-refractivity contribution < 1.29 is 9.53 Å². The van der Waals surface area contributed by atoms with E-state index in [1.807, 2.05) is 6.07 Å². The Labute approximate surface area is 104 Å². The van der Waals surface area contributed by atoms with Gasteiger partial charge in [-0.1, -0.05) is 12.1 Å². The molecular formula is C14H10N2O2. The zero-order valence-corrected chi connectivity index (χ0v) is 9.75. The summed E-state index contributed by atoms with van der Waals surface area (Å²) < 4.78 is 5.05. The van der Waals surface area contributed by atoms with Gasteiger partial charge in [-0.2, -0.15) is 5.26 Å². The number of carbonyl (C=O) groups is 1. The van der Waals surface area contributed by atoms with E-state index in [0.29, 0.717) is 23.0 Å². The van der Waals surface area contributed by atoms with Gasteiger partial charge in [-0.15, -0.1) is 0 Å². The molecule has 0 radical (unpaired) electrons. The molecule has 0 saturated heterocycles. The van der Waals surface area contributed by atoms with Gasteiger partial charge in [0.25, 0.3) is 0 Å². The maximum Gasteiger partial charge on any atom is 0.224 e. The van der Waals surface area contributed by atoms with E-state index in [2.05, 4.69) is 11.1 Å². The first-order valence-corrected chi connectivity index (χ1v) is 5.29. The molecule has 0 atom stereocenters. The molecule has 0 bridgehead atoms. The summed E-state index contributed by atoms with van der Waals surface area (Å²) in [5, 5.41) is 8.88. The van der Waals surface area contributed by atoms with Crippen LogP contribution in [0.3, 0.4) is 0 Å². The average Bonchev–Trinajstić information content (AvgIpc) is 2.46. The molecule has 1 heterocycles. The standard InChI is InChI=1S/C14H10N2O2/c1-18-14-13(9-17)12(5-6-16-14)11-4-2-3-10(7-11)8-15/h2-7,9H,1H3. The van der Waals surface area contributed by atoms with E-state index in [-0.39, 0.29) is 5.88 Å². The van der Waals surface area contributed by atoms with Gasteiger partial charge >= 0.3 is 0 Å². The Balaban J connectivity index is 2.63. The molecule has 18 heavy (non-hydrogen) atoms. The van der Waals surface area contributed by atoms with Gasteiger partial charge < -0.3 is 4.74 Å². The summed E-state index contributed by atoms with van der Waals surface area (Å²) in [4.78, 5) is 15.1. The number of nitrogens with zero attached hydrogens (tertiary/aromatic N) is 2.